The Kier molecular flexibility index (Phi) is 4.44. The molecule has 0 aliphatic carbocycles. The molecule has 138 valence electrons. The zero-order valence-electron chi connectivity index (χ0n) is 15.6. The van der Waals surface area contributed by atoms with Crippen LogP contribution in [0.4, 0.5) is 0 Å². The number of H-pyrrole nitrogens is 1. The number of nitrogens with zero attached hydrogens (tertiary/aromatic N) is 2. The van der Waals surface area contributed by atoms with E-state index in [4.69, 9.17) is 4.74 Å². The number of likely N-dealkylation sites (tertiary alicyclic amines) is 1. The van der Waals surface area contributed by atoms with Crippen LogP contribution in [0.5, 0.6) is 5.75 Å². The van der Waals surface area contributed by atoms with E-state index in [0.717, 1.165) is 30.0 Å². The van der Waals surface area contributed by atoms with Crippen molar-refractivity contribution >= 4 is 5.91 Å². The number of ether oxygens (including phenoxy) is 1. The molecule has 1 atom stereocenters. The number of hydrogen-bond acceptors (Lipinski definition) is 3. The lowest BCUT2D eigenvalue weighted by Gasteiger charge is -2.25. The Hall–Kier alpha value is -3.08. The minimum Gasteiger partial charge on any atom is -0.497 e. The van der Waals surface area contributed by atoms with Crippen LogP contribution in [0.3, 0.4) is 0 Å². The molecule has 1 unspecified atom stereocenters. The average Bonchev–Trinajstić information content (AvgIpc) is 3.36. The number of hydrogen-bond donors (Lipinski definition) is 1. The summed E-state index contributed by atoms with van der Waals surface area (Å²) in [7, 11) is 1.68. The van der Waals surface area contributed by atoms with Gasteiger partial charge >= 0.3 is 0 Å². The van der Waals surface area contributed by atoms with Gasteiger partial charge in [-0.15, -0.1) is 0 Å². The highest BCUT2D eigenvalue weighted by molar-refractivity contribution is 5.93. The van der Waals surface area contributed by atoms with E-state index in [2.05, 4.69) is 29.3 Å². The van der Waals surface area contributed by atoms with Crippen molar-refractivity contribution in [3.63, 3.8) is 0 Å². The van der Waals surface area contributed by atoms with Crippen molar-refractivity contribution < 1.29 is 9.53 Å². The van der Waals surface area contributed by atoms with Gasteiger partial charge in [-0.05, 0) is 30.2 Å². The molecule has 1 fully saturated rings. The van der Waals surface area contributed by atoms with E-state index in [0.29, 0.717) is 12.2 Å². The third-order valence-electron chi connectivity index (χ3n) is 5.41. The number of rotatable bonds is 4. The van der Waals surface area contributed by atoms with Crippen LogP contribution in [0.1, 0.15) is 29.4 Å². The molecule has 4 rings (SSSR count). The Balaban J connectivity index is 1.52. The normalized spacial score (nSPS) is 19.3. The van der Waals surface area contributed by atoms with Gasteiger partial charge in [0.1, 0.15) is 11.4 Å². The second-order valence-corrected chi connectivity index (χ2v) is 7.30. The van der Waals surface area contributed by atoms with E-state index in [1.165, 1.54) is 5.56 Å². The van der Waals surface area contributed by atoms with Crippen LogP contribution in [-0.4, -0.2) is 41.2 Å². The SMILES string of the molecule is COc1cccc(C2(C)CCN(C(=O)c3cc(-c4ccccc4)n[nH]3)C2)c1. The Morgan fingerprint density at radius 1 is 1.15 bits per heavy atom. The largest absolute Gasteiger partial charge is 0.497 e. The molecule has 5 nitrogen and oxygen atoms in total. The topological polar surface area (TPSA) is 58.2 Å². The quantitative estimate of drug-likeness (QED) is 0.767. The average molecular weight is 361 g/mol. The molecule has 1 aliphatic rings. The monoisotopic (exact) mass is 361 g/mol. The fourth-order valence-corrected chi connectivity index (χ4v) is 3.73. The second-order valence-electron chi connectivity index (χ2n) is 7.30. The van der Waals surface area contributed by atoms with Crippen LogP contribution in [0.15, 0.2) is 60.7 Å². The molecule has 1 N–H and O–H groups in total. The summed E-state index contributed by atoms with van der Waals surface area (Å²) in [5.74, 6) is 0.843. The first-order valence-corrected chi connectivity index (χ1v) is 9.14. The maximum absolute atomic E-state index is 13.0. The highest BCUT2D eigenvalue weighted by Gasteiger charge is 2.38. The number of aromatic amines is 1. The molecular weight excluding hydrogens is 338 g/mol. The summed E-state index contributed by atoms with van der Waals surface area (Å²) in [4.78, 5) is 14.9. The fraction of sp³-hybridized carbons (Fsp3) is 0.273. The first-order valence-electron chi connectivity index (χ1n) is 9.14. The summed E-state index contributed by atoms with van der Waals surface area (Å²) in [5.41, 5.74) is 3.44. The number of carbonyl (C=O) groups excluding carboxylic acids is 1. The van der Waals surface area contributed by atoms with Gasteiger partial charge in [-0.25, -0.2) is 0 Å². The lowest BCUT2D eigenvalue weighted by molar-refractivity contribution is 0.0779. The molecule has 0 spiro atoms. The highest BCUT2D eigenvalue weighted by Crippen LogP contribution is 2.36. The van der Waals surface area contributed by atoms with Gasteiger partial charge in [0, 0.05) is 24.1 Å². The maximum atomic E-state index is 13.0. The van der Waals surface area contributed by atoms with E-state index in [-0.39, 0.29) is 11.3 Å². The van der Waals surface area contributed by atoms with E-state index < -0.39 is 0 Å². The van der Waals surface area contributed by atoms with Crippen LogP contribution in [0.2, 0.25) is 0 Å². The zero-order chi connectivity index (χ0) is 18.9. The summed E-state index contributed by atoms with van der Waals surface area (Å²) in [6, 6.07) is 19.8. The number of methoxy groups -OCH3 is 1. The third kappa shape index (κ3) is 3.33. The number of nitrogens with one attached hydrogen (secondary N) is 1. The molecule has 1 amide bonds. The van der Waals surface area contributed by atoms with Crippen LogP contribution < -0.4 is 4.74 Å². The van der Waals surface area contributed by atoms with Crippen LogP contribution in [0, 0.1) is 0 Å². The van der Waals surface area contributed by atoms with Crippen molar-refractivity contribution in [1.29, 1.82) is 0 Å². The van der Waals surface area contributed by atoms with Crippen molar-refractivity contribution in [2.75, 3.05) is 20.2 Å². The first kappa shape index (κ1) is 17.3. The van der Waals surface area contributed by atoms with Gasteiger partial charge in [0.25, 0.3) is 5.91 Å². The van der Waals surface area contributed by atoms with E-state index in [9.17, 15) is 4.79 Å². The number of benzene rings is 2. The summed E-state index contributed by atoms with van der Waals surface area (Å²) in [6.07, 6.45) is 0.922. The summed E-state index contributed by atoms with van der Waals surface area (Å²) in [5, 5.41) is 7.21. The van der Waals surface area contributed by atoms with E-state index >= 15 is 0 Å². The van der Waals surface area contributed by atoms with Crippen molar-refractivity contribution in [2.24, 2.45) is 0 Å². The zero-order valence-corrected chi connectivity index (χ0v) is 15.6. The smallest absolute Gasteiger partial charge is 0.271 e. The predicted molar refractivity (Wildman–Crippen MR) is 105 cm³/mol. The predicted octanol–water partition coefficient (Wildman–Crippen LogP) is 3.89. The molecule has 0 radical (unpaired) electrons. The Bertz CT molecular complexity index is 951. The van der Waals surface area contributed by atoms with Gasteiger partial charge < -0.3 is 9.64 Å². The van der Waals surface area contributed by atoms with Crippen LogP contribution in [-0.2, 0) is 5.41 Å². The lowest BCUT2D eigenvalue weighted by Crippen LogP contribution is -2.33. The molecule has 2 aromatic carbocycles. The van der Waals surface area contributed by atoms with E-state index in [1.54, 1.807) is 7.11 Å². The minimum atomic E-state index is -0.0769. The number of aromatic nitrogens is 2. The standard InChI is InChI=1S/C22H23N3O2/c1-22(17-9-6-10-18(13-17)27-2)11-12-25(15-22)21(26)20-14-19(23-24-20)16-7-4-3-5-8-16/h3-10,13-14H,11-12,15H2,1-2H3,(H,23,24). The number of carbonyl (C=O) groups is 1. The molecule has 1 aliphatic heterocycles. The van der Waals surface area contributed by atoms with Gasteiger partial charge in [-0.2, -0.15) is 5.10 Å². The van der Waals surface area contributed by atoms with Gasteiger partial charge in [0.15, 0.2) is 0 Å². The summed E-state index contributed by atoms with van der Waals surface area (Å²) < 4.78 is 5.35. The van der Waals surface area contributed by atoms with E-state index in [1.807, 2.05) is 53.4 Å². The van der Waals surface area contributed by atoms with Crippen LogP contribution >= 0.6 is 0 Å². The van der Waals surface area contributed by atoms with Gasteiger partial charge in [0.2, 0.25) is 0 Å². The van der Waals surface area contributed by atoms with Crippen molar-refractivity contribution in [3.8, 4) is 17.0 Å². The second kappa shape index (κ2) is 6.91. The molecule has 2 heterocycles. The maximum Gasteiger partial charge on any atom is 0.271 e. The minimum absolute atomic E-state index is 0.00342. The summed E-state index contributed by atoms with van der Waals surface area (Å²) in [6.45, 7) is 3.61. The third-order valence-corrected chi connectivity index (χ3v) is 5.41. The molecule has 27 heavy (non-hydrogen) atoms. The van der Waals surface area contributed by atoms with Gasteiger partial charge in [-0.3, -0.25) is 9.89 Å². The van der Waals surface area contributed by atoms with Crippen molar-refractivity contribution in [3.05, 3.63) is 71.9 Å². The molecule has 1 aromatic heterocycles. The Morgan fingerprint density at radius 3 is 2.74 bits per heavy atom. The number of amides is 1. The Morgan fingerprint density at radius 2 is 1.96 bits per heavy atom. The molecule has 5 heteroatoms. The van der Waals surface area contributed by atoms with Crippen molar-refractivity contribution in [1.82, 2.24) is 15.1 Å². The lowest BCUT2D eigenvalue weighted by atomic mass is 9.82. The first-order chi connectivity index (χ1) is 13.1. The van der Waals surface area contributed by atoms with Crippen LogP contribution in [0.25, 0.3) is 11.3 Å². The fourth-order valence-electron chi connectivity index (χ4n) is 3.73. The van der Waals surface area contributed by atoms with Gasteiger partial charge in [0.05, 0.1) is 12.8 Å². The molecule has 1 saturated heterocycles. The van der Waals surface area contributed by atoms with Crippen molar-refractivity contribution in [2.45, 2.75) is 18.8 Å². The van der Waals surface area contributed by atoms with Gasteiger partial charge in [-0.1, -0.05) is 49.4 Å². The highest BCUT2D eigenvalue weighted by atomic mass is 16.5. The summed E-state index contributed by atoms with van der Waals surface area (Å²) >= 11 is 0. The molecule has 0 bridgehead atoms. The molecular formula is C22H23N3O2. The molecule has 3 aromatic rings. The Labute approximate surface area is 159 Å². The molecule has 0 saturated carbocycles.